The Kier molecular flexibility index (Phi) is 37.8. The van der Waals surface area contributed by atoms with E-state index < -0.39 is 24.1 Å². The minimum atomic E-state index is -2.44. The quantitative estimate of drug-likeness (QED) is 0.493. The molecule has 62 valence electrons. The van der Waals surface area contributed by atoms with Crippen molar-refractivity contribution < 1.29 is 133 Å². The third-order valence-electron chi connectivity index (χ3n) is 0.782. The van der Waals surface area contributed by atoms with Crippen LogP contribution in [0, 0.1) is 0 Å². The molecular weight excluding hydrogens is 268 g/mol. The third kappa shape index (κ3) is 14.2. The van der Waals surface area contributed by atoms with Gasteiger partial charge in [-0.2, -0.15) is 0 Å². The van der Waals surface area contributed by atoms with Gasteiger partial charge in [0.2, 0.25) is 0 Å². The molecule has 0 aromatic carbocycles. The first-order chi connectivity index (χ1) is 4.46. The summed E-state index contributed by atoms with van der Waals surface area (Å²) in [5, 5.41) is 35.7. The molecule has 2 N–H and O–H groups in total. The number of rotatable bonds is 3. The predicted molar refractivity (Wildman–Crippen MR) is 36.3 cm³/mol. The second kappa shape index (κ2) is 17.1. The van der Waals surface area contributed by atoms with Crippen LogP contribution in [-0.4, -0.2) is 93.5 Å². The summed E-state index contributed by atoms with van der Waals surface area (Å²) in [5.74, 6) is -4.12. The van der Waals surface area contributed by atoms with E-state index in [2.05, 4.69) is 0 Å². The zero-order valence-electron chi connectivity index (χ0n) is 6.68. The fourth-order valence-electron chi connectivity index (χ4n) is 0.258. The van der Waals surface area contributed by atoms with Crippen molar-refractivity contribution in [2.24, 2.45) is 0 Å². The summed E-state index contributed by atoms with van der Waals surface area (Å²) in [6.07, 6.45) is -4.88. The first-order valence-corrected chi connectivity index (χ1v) is 2.24. The second-order valence-electron chi connectivity index (χ2n) is 1.53. The molecule has 0 spiro atoms. The zero-order chi connectivity index (χ0) is 8.31. The van der Waals surface area contributed by atoms with E-state index in [1.54, 1.807) is 0 Å². The third-order valence-corrected chi connectivity index (χ3v) is 0.782. The summed E-state index contributed by atoms with van der Waals surface area (Å²) in [6.45, 7) is 0. The number of carbonyl (C=O) groups excluding carboxylic acids is 2. The topological polar surface area (TPSA) is 121 Å². The molecule has 6 nitrogen and oxygen atoms in total. The Morgan fingerprint density at radius 1 is 0.857 bits per heavy atom. The molecule has 0 aliphatic rings. The molecule has 2 atom stereocenters. The summed E-state index contributed by atoms with van der Waals surface area (Å²) >= 11 is 0. The van der Waals surface area contributed by atoms with Gasteiger partial charge in [-0.15, -0.1) is 0 Å². The molecule has 0 radical (unpaired) electrons. The van der Waals surface area contributed by atoms with E-state index >= 15 is 0 Å². The van der Waals surface area contributed by atoms with Crippen LogP contribution in [0.3, 0.4) is 0 Å². The summed E-state index contributed by atoms with van der Waals surface area (Å²) in [6, 6.07) is 0. The Labute approximate surface area is 210 Å². The molecular formula is C4H6K2Na2O6. The van der Waals surface area contributed by atoms with Crippen LogP contribution >= 0.6 is 0 Å². The van der Waals surface area contributed by atoms with Gasteiger partial charge in [0.15, 0.2) is 0 Å². The Bertz CT molecular complexity index is 150. The normalized spacial score (nSPS) is 11.3. The molecule has 0 rings (SSSR count). The van der Waals surface area contributed by atoms with Crippen molar-refractivity contribution in [1.29, 1.82) is 0 Å². The number of aliphatic carboxylic acids is 2. The molecule has 10 heteroatoms. The fraction of sp³-hybridized carbons (Fsp3) is 0.500. The molecule has 0 saturated heterocycles. The summed E-state index contributed by atoms with van der Waals surface area (Å²) in [4.78, 5) is 19.3. The van der Waals surface area contributed by atoms with Crippen LogP contribution in [0.25, 0.3) is 0 Å². The number of carboxylic acids is 2. The van der Waals surface area contributed by atoms with Crippen molar-refractivity contribution in [2.75, 3.05) is 0 Å². The maximum absolute atomic E-state index is 9.63. The Balaban J connectivity index is -0.0000000675. The molecule has 2 unspecified atom stereocenters. The zero-order valence-corrected chi connectivity index (χ0v) is 12.9. The standard InChI is InChI=1S/C4H6O6.2K.2Na.2H/c5-1(3(7)8)2(6)4(9)10;;;;;;/h1-2,5-6H,(H,7,8)(H,9,10);;;;;;/q;2*+1;;;;/p-2. The number of carbonyl (C=O) groups is 2. The average Bonchev–Trinajstić information content (AvgIpc) is 1.84. The van der Waals surface area contributed by atoms with Crippen LogP contribution < -0.4 is 113 Å². The van der Waals surface area contributed by atoms with Crippen LogP contribution in [0.1, 0.15) is 0 Å². The number of hydrogen-bond acceptors (Lipinski definition) is 6. The van der Waals surface area contributed by atoms with E-state index in [4.69, 9.17) is 10.2 Å². The molecule has 0 heterocycles. The molecule has 0 bridgehead atoms. The van der Waals surface area contributed by atoms with Gasteiger partial charge in [-0.25, -0.2) is 0 Å². The van der Waals surface area contributed by atoms with E-state index in [0.29, 0.717) is 0 Å². The number of carboxylic acid groups (broad SMARTS) is 2. The number of hydrogen-bond donors (Lipinski definition) is 2. The van der Waals surface area contributed by atoms with Gasteiger partial charge in [0.05, 0.1) is 11.9 Å². The second-order valence-corrected chi connectivity index (χ2v) is 1.53. The first-order valence-electron chi connectivity index (χ1n) is 2.24. The van der Waals surface area contributed by atoms with E-state index in [1.165, 1.54) is 0 Å². The van der Waals surface area contributed by atoms with E-state index in [-0.39, 0.29) is 162 Å². The van der Waals surface area contributed by atoms with Crippen molar-refractivity contribution in [1.82, 2.24) is 0 Å². The molecule has 0 fully saturated rings. The molecule has 0 aliphatic carbocycles. The Hall–Kier alpha value is 4.13. The van der Waals surface area contributed by atoms with E-state index in [0.717, 1.165) is 0 Å². The molecule has 0 aromatic heterocycles. The molecule has 0 aliphatic heterocycles. The van der Waals surface area contributed by atoms with Gasteiger partial charge >= 0.3 is 162 Å². The van der Waals surface area contributed by atoms with E-state index in [9.17, 15) is 19.8 Å². The van der Waals surface area contributed by atoms with Crippen LogP contribution in [0.2, 0.25) is 0 Å². The first kappa shape index (κ1) is 30.9. The minimum absolute atomic E-state index is 0. The van der Waals surface area contributed by atoms with Gasteiger partial charge < -0.3 is 30.0 Å². The average molecular weight is 274 g/mol. The Morgan fingerprint density at radius 3 is 1.07 bits per heavy atom. The van der Waals surface area contributed by atoms with Crippen molar-refractivity contribution in [3.63, 3.8) is 0 Å². The van der Waals surface area contributed by atoms with Gasteiger partial charge in [-0.05, 0) is 0 Å². The van der Waals surface area contributed by atoms with Gasteiger partial charge in [0.1, 0.15) is 12.2 Å². The van der Waals surface area contributed by atoms with Crippen LogP contribution in [-0.2, 0) is 9.59 Å². The SMILES string of the molecule is O=C([O-])C(O)C(O)C(=O)[O-].[K+].[K+].[NaH].[NaH]. The molecule has 14 heavy (non-hydrogen) atoms. The molecule has 0 amide bonds. The van der Waals surface area contributed by atoms with Gasteiger partial charge in [0, 0.05) is 0 Å². The summed E-state index contributed by atoms with van der Waals surface area (Å²) in [7, 11) is 0. The Morgan fingerprint density at radius 2 is 1.00 bits per heavy atom. The molecule has 0 saturated carbocycles. The van der Waals surface area contributed by atoms with Crippen molar-refractivity contribution in [3.8, 4) is 0 Å². The predicted octanol–water partition coefficient (Wildman–Crippen LogP) is -12.1. The van der Waals surface area contributed by atoms with Crippen molar-refractivity contribution >= 4 is 71.1 Å². The summed E-state index contributed by atoms with van der Waals surface area (Å²) < 4.78 is 0. The number of aliphatic hydroxyl groups excluding tert-OH is 2. The van der Waals surface area contributed by atoms with Crippen LogP contribution in [0.4, 0.5) is 0 Å². The molecule has 0 aromatic rings. The van der Waals surface area contributed by atoms with Gasteiger partial charge in [0.25, 0.3) is 0 Å². The van der Waals surface area contributed by atoms with Crippen molar-refractivity contribution in [3.05, 3.63) is 0 Å². The number of aliphatic hydroxyl groups is 2. The van der Waals surface area contributed by atoms with Crippen molar-refractivity contribution in [2.45, 2.75) is 12.2 Å². The van der Waals surface area contributed by atoms with Crippen LogP contribution in [0.15, 0.2) is 0 Å². The summed E-state index contributed by atoms with van der Waals surface area (Å²) in [5.41, 5.74) is 0. The fourth-order valence-corrected chi connectivity index (χ4v) is 0.258. The van der Waals surface area contributed by atoms with E-state index in [1.807, 2.05) is 0 Å². The van der Waals surface area contributed by atoms with Gasteiger partial charge in [-0.3, -0.25) is 0 Å². The maximum atomic E-state index is 9.63. The van der Waals surface area contributed by atoms with Gasteiger partial charge in [-0.1, -0.05) is 0 Å². The van der Waals surface area contributed by atoms with Crippen LogP contribution in [0.5, 0.6) is 0 Å². The monoisotopic (exact) mass is 274 g/mol.